The van der Waals surface area contributed by atoms with Gasteiger partial charge in [0, 0.05) is 25.7 Å². The summed E-state index contributed by atoms with van der Waals surface area (Å²) in [5, 5.41) is 8.47. The van der Waals surface area contributed by atoms with Crippen molar-refractivity contribution in [1.29, 1.82) is 0 Å². The lowest BCUT2D eigenvalue weighted by molar-refractivity contribution is 0.0707. The van der Waals surface area contributed by atoms with E-state index >= 15 is 0 Å². The second-order valence-electron chi connectivity index (χ2n) is 6.57. The van der Waals surface area contributed by atoms with Crippen molar-refractivity contribution in [2.75, 3.05) is 13.6 Å². The van der Waals surface area contributed by atoms with Crippen LogP contribution in [0.1, 0.15) is 28.9 Å². The van der Waals surface area contributed by atoms with Crippen LogP contribution < -0.4 is 0 Å². The first-order valence-electron chi connectivity index (χ1n) is 8.98. The fraction of sp³-hybridized carbons (Fsp3) is 0.238. The average molecular weight is 359 g/mol. The number of carbonyl (C=O) groups is 1. The van der Waals surface area contributed by atoms with Crippen molar-refractivity contribution < 1.29 is 4.79 Å². The number of aromatic nitrogens is 3. The third-order valence-corrected chi connectivity index (χ3v) is 4.94. The van der Waals surface area contributed by atoms with Crippen LogP contribution in [0.25, 0.3) is 11.1 Å². The Morgan fingerprint density at radius 1 is 0.963 bits per heavy atom. The van der Waals surface area contributed by atoms with Crippen LogP contribution in [0.2, 0.25) is 0 Å². The minimum Gasteiger partial charge on any atom is -0.329 e. The molecule has 3 aromatic rings. The molecule has 0 N–H and O–H groups in total. The minimum atomic E-state index is 0.0197. The molecular weight excluding hydrogens is 338 g/mol. The van der Waals surface area contributed by atoms with Gasteiger partial charge in [0.1, 0.15) is 0 Å². The molecule has 0 spiro atoms. The summed E-state index contributed by atoms with van der Waals surface area (Å²) in [4.78, 5) is 18.9. The molecule has 6 heteroatoms. The molecule has 1 aliphatic heterocycles. The number of aliphatic imine (C=N–C) groups is 1. The number of fused-ring (bicyclic) bond motifs is 1. The molecule has 4 rings (SSSR count). The fourth-order valence-electron chi connectivity index (χ4n) is 3.32. The van der Waals surface area contributed by atoms with E-state index in [4.69, 9.17) is 0 Å². The summed E-state index contributed by atoms with van der Waals surface area (Å²) in [6.45, 7) is 3.69. The Balaban J connectivity index is 1.52. The monoisotopic (exact) mass is 359 g/mol. The highest BCUT2D eigenvalue weighted by Gasteiger charge is 2.25. The van der Waals surface area contributed by atoms with Gasteiger partial charge < -0.3 is 9.47 Å². The van der Waals surface area contributed by atoms with Gasteiger partial charge in [0.25, 0.3) is 5.91 Å². The molecule has 136 valence electrons. The standard InChI is InChI=1S/C21H21N5O/c1-15(22-2)20-24-23-19-14-25(12-13-26(19)20)21(27)18-10-8-17(9-11-18)16-6-4-3-5-7-16/h3-11H,12-14H2,1-2H3. The van der Waals surface area contributed by atoms with Gasteiger partial charge in [-0.2, -0.15) is 0 Å². The zero-order chi connectivity index (χ0) is 18.8. The molecule has 0 unspecified atom stereocenters. The van der Waals surface area contributed by atoms with Crippen LogP contribution in [0.5, 0.6) is 0 Å². The third kappa shape index (κ3) is 3.26. The van der Waals surface area contributed by atoms with Crippen LogP contribution in [0, 0.1) is 0 Å². The molecule has 1 aliphatic rings. The van der Waals surface area contributed by atoms with E-state index < -0.39 is 0 Å². The first kappa shape index (κ1) is 17.1. The quantitative estimate of drug-likeness (QED) is 0.675. The van der Waals surface area contributed by atoms with Crippen molar-refractivity contribution >= 4 is 11.6 Å². The maximum Gasteiger partial charge on any atom is 0.254 e. The van der Waals surface area contributed by atoms with Crippen LogP contribution in [-0.4, -0.2) is 44.9 Å². The maximum atomic E-state index is 12.9. The van der Waals surface area contributed by atoms with Gasteiger partial charge in [0.05, 0.1) is 12.3 Å². The van der Waals surface area contributed by atoms with Gasteiger partial charge in [-0.25, -0.2) is 0 Å². The topological polar surface area (TPSA) is 63.4 Å². The van der Waals surface area contributed by atoms with Crippen LogP contribution in [0.15, 0.2) is 59.6 Å². The number of hydrogen-bond donors (Lipinski definition) is 0. The molecule has 0 saturated heterocycles. The highest BCUT2D eigenvalue weighted by Crippen LogP contribution is 2.21. The van der Waals surface area contributed by atoms with Gasteiger partial charge in [0.15, 0.2) is 11.6 Å². The molecule has 0 radical (unpaired) electrons. The second-order valence-corrected chi connectivity index (χ2v) is 6.57. The van der Waals surface area contributed by atoms with Gasteiger partial charge in [-0.15, -0.1) is 10.2 Å². The number of carbonyl (C=O) groups excluding carboxylic acids is 1. The van der Waals surface area contributed by atoms with E-state index in [0.717, 1.165) is 28.5 Å². The van der Waals surface area contributed by atoms with Gasteiger partial charge in [-0.1, -0.05) is 42.5 Å². The average Bonchev–Trinajstić information content (AvgIpc) is 3.16. The summed E-state index contributed by atoms with van der Waals surface area (Å²) >= 11 is 0. The molecule has 6 nitrogen and oxygen atoms in total. The highest BCUT2D eigenvalue weighted by atomic mass is 16.2. The predicted octanol–water partition coefficient (Wildman–Crippen LogP) is 3.04. The zero-order valence-corrected chi connectivity index (χ0v) is 15.5. The Bertz CT molecular complexity index is 989. The molecule has 0 fully saturated rings. The Kier molecular flexibility index (Phi) is 4.54. The summed E-state index contributed by atoms with van der Waals surface area (Å²) in [5.41, 5.74) is 3.78. The Morgan fingerprint density at radius 3 is 2.37 bits per heavy atom. The van der Waals surface area contributed by atoms with E-state index in [1.807, 2.05) is 58.9 Å². The fourth-order valence-corrected chi connectivity index (χ4v) is 3.32. The number of amides is 1. The van der Waals surface area contributed by atoms with E-state index in [-0.39, 0.29) is 5.91 Å². The summed E-state index contributed by atoms with van der Waals surface area (Å²) in [6, 6.07) is 17.9. The summed E-state index contributed by atoms with van der Waals surface area (Å²) in [5.74, 6) is 1.60. The van der Waals surface area contributed by atoms with Crippen molar-refractivity contribution in [2.45, 2.75) is 20.0 Å². The first-order valence-corrected chi connectivity index (χ1v) is 8.98. The molecule has 27 heavy (non-hydrogen) atoms. The van der Waals surface area contributed by atoms with E-state index in [0.29, 0.717) is 25.2 Å². The zero-order valence-electron chi connectivity index (χ0n) is 15.5. The van der Waals surface area contributed by atoms with Gasteiger partial charge in [0.2, 0.25) is 0 Å². The molecule has 0 aliphatic carbocycles. The smallest absolute Gasteiger partial charge is 0.254 e. The van der Waals surface area contributed by atoms with E-state index in [1.54, 1.807) is 7.05 Å². The molecule has 0 saturated carbocycles. The summed E-state index contributed by atoms with van der Waals surface area (Å²) in [7, 11) is 1.74. The van der Waals surface area contributed by atoms with Gasteiger partial charge >= 0.3 is 0 Å². The van der Waals surface area contributed by atoms with Crippen LogP contribution in [0.4, 0.5) is 0 Å². The van der Waals surface area contributed by atoms with Crippen LogP contribution in [-0.2, 0) is 13.1 Å². The van der Waals surface area contributed by atoms with Crippen molar-refractivity contribution in [1.82, 2.24) is 19.7 Å². The maximum absolute atomic E-state index is 12.9. The van der Waals surface area contributed by atoms with Crippen molar-refractivity contribution in [3.05, 3.63) is 71.8 Å². The van der Waals surface area contributed by atoms with E-state index in [9.17, 15) is 4.79 Å². The lowest BCUT2D eigenvalue weighted by Gasteiger charge is -2.28. The largest absolute Gasteiger partial charge is 0.329 e. The molecule has 2 heterocycles. The second kappa shape index (κ2) is 7.15. The van der Waals surface area contributed by atoms with Crippen LogP contribution in [0.3, 0.4) is 0 Å². The van der Waals surface area contributed by atoms with Crippen molar-refractivity contribution in [3.8, 4) is 11.1 Å². The number of benzene rings is 2. The van der Waals surface area contributed by atoms with E-state index in [2.05, 4.69) is 27.3 Å². The van der Waals surface area contributed by atoms with Crippen LogP contribution >= 0.6 is 0 Å². The summed E-state index contributed by atoms with van der Waals surface area (Å²) < 4.78 is 2.05. The lowest BCUT2D eigenvalue weighted by atomic mass is 10.0. The molecular formula is C21H21N5O. The number of rotatable bonds is 3. The number of nitrogens with zero attached hydrogens (tertiary/aromatic N) is 5. The lowest BCUT2D eigenvalue weighted by Crippen LogP contribution is -2.39. The summed E-state index contributed by atoms with van der Waals surface area (Å²) in [6.07, 6.45) is 0. The normalized spacial score (nSPS) is 14.1. The molecule has 1 amide bonds. The Labute approximate surface area is 158 Å². The van der Waals surface area contributed by atoms with E-state index in [1.165, 1.54) is 0 Å². The number of hydrogen-bond acceptors (Lipinski definition) is 4. The predicted molar refractivity (Wildman–Crippen MR) is 105 cm³/mol. The third-order valence-electron chi connectivity index (χ3n) is 4.94. The Hall–Kier alpha value is -3.28. The van der Waals surface area contributed by atoms with Gasteiger partial charge in [-0.3, -0.25) is 9.79 Å². The molecule has 0 bridgehead atoms. The first-order chi connectivity index (χ1) is 13.2. The van der Waals surface area contributed by atoms with Crippen molar-refractivity contribution in [2.24, 2.45) is 4.99 Å². The SMILES string of the molecule is CN=C(C)c1nnc2n1CCN(C(=O)c1ccc(-c3ccccc3)cc1)C2. The Morgan fingerprint density at radius 2 is 1.67 bits per heavy atom. The molecule has 2 aromatic carbocycles. The molecule has 1 aromatic heterocycles. The van der Waals surface area contributed by atoms with Crippen molar-refractivity contribution in [3.63, 3.8) is 0 Å². The molecule has 0 atom stereocenters. The highest BCUT2D eigenvalue weighted by molar-refractivity contribution is 5.96. The minimum absolute atomic E-state index is 0.0197. The van der Waals surface area contributed by atoms with Gasteiger partial charge in [-0.05, 0) is 30.2 Å².